The molecule has 0 aromatic heterocycles. The lowest BCUT2D eigenvalue weighted by Crippen LogP contribution is -2.35. The molecule has 2 rings (SSSR count). The lowest BCUT2D eigenvalue weighted by molar-refractivity contribution is -0.126. The molecule has 0 aliphatic carbocycles. The van der Waals surface area contributed by atoms with Gasteiger partial charge in [-0.3, -0.25) is 14.4 Å². The number of amides is 3. The minimum absolute atomic E-state index is 0.192. The minimum Gasteiger partial charge on any atom is -0.452 e. The number of benzene rings is 2. The molecule has 2 aromatic rings. The van der Waals surface area contributed by atoms with Crippen LogP contribution in [0.4, 0.5) is 11.4 Å². The highest BCUT2D eigenvalue weighted by Crippen LogP contribution is 2.19. The molecule has 0 radical (unpaired) electrons. The summed E-state index contributed by atoms with van der Waals surface area (Å²) in [5.74, 6) is -1.97. The van der Waals surface area contributed by atoms with Crippen molar-refractivity contribution in [2.24, 2.45) is 0 Å². The first kappa shape index (κ1) is 21.6. The van der Waals surface area contributed by atoms with Crippen molar-refractivity contribution in [1.82, 2.24) is 5.32 Å². The Balaban J connectivity index is 1.80. The standard InChI is InChI=1S/C21H23N3O5/c1-13-6-4-7-14(2)20(13)24-18(26)11-22-19(27)12-29-21(28)16-8-5-9-17(10-16)23-15(3)25/h4-10H,11-12H2,1-3H3,(H,22,27)(H,23,25)(H,24,26). The molecule has 0 heterocycles. The summed E-state index contributed by atoms with van der Waals surface area (Å²) < 4.78 is 4.94. The first-order chi connectivity index (χ1) is 13.8. The van der Waals surface area contributed by atoms with E-state index in [1.807, 2.05) is 32.0 Å². The first-order valence-corrected chi connectivity index (χ1v) is 8.94. The molecule has 3 amide bonds. The average molecular weight is 397 g/mol. The molecular weight excluding hydrogens is 374 g/mol. The van der Waals surface area contributed by atoms with E-state index >= 15 is 0 Å². The molecule has 0 saturated carbocycles. The maximum atomic E-state index is 12.0. The van der Waals surface area contributed by atoms with Gasteiger partial charge < -0.3 is 20.7 Å². The molecule has 8 heteroatoms. The van der Waals surface area contributed by atoms with Crippen LogP contribution in [-0.2, 0) is 19.1 Å². The van der Waals surface area contributed by atoms with Gasteiger partial charge in [0.15, 0.2) is 6.61 Å². The smallest absolute Gasteiger partial charge is 0.338 e. The van der Waals surface area contributed by atoms with E-state index in [4.69, 9.17) is 4.74 Å². The van der Waals surface area contributed by atoms with Crippen molar-refractivity contribution >= 4 is 35.1 Å². The Labute approximate surface area is 168 Å². The second-order valence-electron chi connectivity index (χ2n) is 6.43. The van der Waals surface area contributed by atoms with Crippen molar-refractivity contribution in [3.63, 3.8) is 0 Å². The highest BCUT2D eigenvalue weighted by molar-refractivity contribution is 5.97. The Hall–Kier alpha value is -3.68. The lowest BCUT2D eigenvalue weighted by Gasteiger charge is -2.12. The molecule has 0 fully saturated rings. The van der Waals surface area contributed by atoms with E-state index in [0.29, 0.717) is 11.4 Å². The van der Waals surface area contributed by atoms with Gasteiger partial charge in [-0.05, 0) is 43.2 Å². The number of para-hydroxylation sites is 1. The third-order valence-corrected chi connectivity index (χ3v) is 3.94. The van der Waals surface area contributed by atoms with E-state index in [1.165, 1.54) is 19.1 Å². The van der Waals surface area contributed by atoms with Gasteiger partial charge in [0.2, 0.25) is 11.8 Å². The number of hydrogen-bond donors (Lipinski definition) is 3. The second kappa shape index (κ2) is 10.0. The van der Waals surface area contributed by atoms with Crippen LogP contribution in [0.2, 0.25) is 0 Å². The predicted molar refractivity (Wildman–Crippen MR) is 109 cm³/mol. The van der Waals surface area contributed by atoms with Crippen molar-refractivity contribution in [2.75, 3.05) is 23.8 Å². The van der Waals surface area contributed by atoms with Crippen molar-refractivity contribution in [2.45, 2.75) is 20.8 Å². The summed E-state index contributed by atoms with van der Waals surface area (Å²) in [6, 6.07) is 11.8. The van der Waals surface area contributed by atoms with Crippen molar-refractivity contribution in [1.29, 1.82) is 0 Å². The number of nitrogens with one attached hydrogen (secondary N) is 3. The molecule has 0 atom stereocenters. The molecular formula is C21H23N3O5. The van der Waals surface area contributed by atoms with Crippen LogP contribution in [0, 0.1) is 13.8 Å². The zero-order valence-corrected chi connectivity index (χ0v) is 16.5. The fourth-order valence-electron chi connectivity index (χ4n) is 2.57. The molecule has 2 aromatic carbocycles. The van der Waals surface area contributed by atoms with Gasteiger partial charge in [-0.25, -0.2) is 4.79 Å². The third kappa shape index (κ3) is 6.76. The summed E-state index contributed by atoms with van der Waals surface area (Å²) in [5.41, 5.74) is 3.17. The second-order valence-corrected chi connectivity index (χ2v) is 6.43. The van der Waals surface area contributed by atoms with Gasteiger partial charge in [-0.15, -0.1) is 0 Å². The highest BCUT2D eigenvalue weighted by Gasteiger charge is 2.13. The normalized spacial score (nSPS) is 10.0. The fraction of sp³-hybridized carbons (Fsp3) is 0.238. The molecule has 0 aliphatic heterocycles. The Kier molecular flexibility index (Phi) is 7.47. The topological polar surface area (TPSA) is 114 Å². The van der Waals surface area contributed by atoms with Crippen molar-refractivity contribution in [3.8, 4) is 0 Å². The molecule has 0 bridgehead atoms. The number of ether oxygens (including phenoxy) is 1. The van der Waals surface area contributed by atoms with E-state index in [9.17, 15) is 19.2 Å². The molecule has 0 unspecified atom stereocenters. The Bertz CT molecular complexity index is 919. The lowest BCUT2D eigenvalue weighted by atomic mass is 10.1. The third-order valence-electron chi connectivity index (χ3n) is 3.94. The van der Waals surface area contributed by atoms with Crippen LogP contribution < -0.4 is 16.0 Å². The largest absolute Gasteiger partial charge is 0.452 e. The zero-order valence-electron chi connectivity index (χ0n) is 16.5. The summed E-state index contributed by atoms with van der Waals surface area (Å²) >= 11 is 0. The highest BCUT2D eigenvalue weighted by atomic mass is 16.5. The van der Waals surface area contributed by atoms with Gasteiger partial charge >= 0.3 is 5.97 Å². The van der Waals surface area contributed by atoms with Gasteiger partial charge in [-0.1, -0.05) is 24.3 Å². The Morgan fingerprint density at radius 2 is 1.55 bits per heavy atom. The van der Waals surface area contributed by atoms with Crippen LogP contribution >= 0.6 is 0 Å². The van der Waals surface area contributed by atoms with E-state index in [1.54, 1.807) is 12.1 Å². The molecule has 0 saturated heterocycles. The zero-order chi connectivity index (χ0) is 21.4. The summed E-state index contributed by atoms with van der Waals surface area (Å²) in [5, 5.41) is 7.71. The maximum absolute atomic E-state index is 12.0. The average Bonchev–Trinajstić information content (AvgIpc) is 2.67. The van der Waals surface area contributed by atoms with Gasteiger partial charge in [0.05, 0.1) is 12.1 Å². The molecule has 29 heavy (non-hydrogen) atoms. The van der Waals surface area contributed by atoms with Gasteiger partial charge in [-0.2, -0.15) is 0 Å². The number of rotatable bonds is 7. The fourth-order valence-corrected chi connectivity index (χ4v) is 2.57. The predicted octanol–water partition coefficient (Wildman–Crippen LogP) is 2.17. The van der Waals surface area contributed by atoms with Crippen LogP contribution in [0.3, 0.4) is 0 Å². The number of carbonyl (C=O) groups is 4. The number of esters is 1. The summed E-state index contributed by atoms with van der Waals surface area (Å²) in [6.45, 7) is 4.33. The maximum Gasteiger partial charge on any atom is 0.338 e. The van der Waals surface area contributed by atoms with E-state index in [-0.39, 0.29) is 23.9 Å². The van der Waals surface area contributed by atoms with E-state index in [0.717, 1.165) is 11.1 Å². The molecule has 0 aliphatic rings. The van der Waals surface area contributed by atoms with Crippen LogP contribution in [0.25, 0.3) is 0 Å². The van der Waals surface area contributed by atoms with E-state index in [2.05, 4.69) is 16.0 Å². The van der Waals surface area contributed by atoms with Gasteiger partial charge in [0.1, 0.15) is 0 Å². The number of carbonyl (C=O) groups excluding carboxylic acids is 4. The Morgan fingerprint density at radius 3 is 2.21 bits per heavy atom. The molecule has 152 valence electrons. The number of hydrogen-bond acceptors (Lipinski definition) is 5. The van der Waals surface area contributed by atoms with E-state index < -0.39 is 18.5 Å². The molecule has 8 nitrogen and oxygen atoms in total. The number of aryl methyl sites for hydroxylation is 2. The van der Waals surface area contributed by atoms with Crippen LogP contribution in [-0.4, -0.2) is 36.8 Å². The van der Waals surface area contributed by atoms with Crippen molar-refractivity contribution < 1.29 is 23.9 Å². The monoisotopic (exact) mass is 397 g/mol. The SMILES string of the molecule is CC(=O)Nc1cccc(C(=O)OCC(=O)NCC(=O)Nc2c(C)cccc2C)c1. The summed E-state index contributed by atoms with van der Waals surface area (Å²) in [7, 11) is 0. The Morgan fingerprint density at radius 1 is 0.897 bits per heavy atom. The quantitative estimate of drug-likeness (QED) is 0.620. The first-order valence-electron chi connectivity index (χ1n) is 8.94. The molecule has 0 spiro atoms. The number of anilines is 2. The van der Waals surface area contributed by atoms with Gasteiger partial charge in [0, 0.05) is 18.3 Å². The van der Waals surface area contributed by atoms with Crippen LogP contribution in [0.15, 0.2) is 42.5 Å². The molecule has 3 N–H and O–H groups in total. The van der Waals surface area contributed by atoms with Crippen LogP contribution in [0.1, 0.15) is 28.4 Å². The minimum atomic E-state index is -0.715. The van der Waals surface area contributed by atoms with Crippen LogP contribution in [0.5, 0.6) is 0 Å². The van der Waals surface area contributed by atoms with Gasteiger partial charge in [0.25, 0.3) is 5.91 Å². The summed E-state index contributed by atoms with van der Waals surface area (Å²) in [4.78, 5) is 47.0. The summed E-state index contributed by atoms with van der Waals surface area (Å²) in [6.07, 6.45) is 0. The van der Waals surface area contributed by atoms with Crippen molar-refractivity contribution in [3.05, 3.63) is 59.2 Å².